The van der Waals surface area contributed by atoms with Gasteiger partial charge < -0.3 is 4.74 Å². The minimum absolute atomic E-state index is 0.525. The molecule has 0 amide bonds. The van der Waals surface area contributed by atoms with Crippen molar-refractivity contribution in [3.8, 4) is 11.5 Å². The lowest BCUT2D eigenvalue weighted by atomic mass is 10.2. The molecule has 0 aliphatic carbocycles. The van der Waals surface area contributed by atoms with Crippen LogP contribution in [0.25, 0.3) is 0 Å². The number of rotatable bonds is 3. The van der Waals surface area contributed by atoms with Gasteiger partial charge in [0.2, 0.25) is 0 Å². The summed E-state index contributed by atoms with van der Waals surface area (Å²) in [5, 5.41) is 0. The Bertz CT molecular complexity index is 508. The topological polar surface area (TPSA) is 9.23 Å². The van der Waals surface area contributed by atoms with Gasteiger partial charge in [-0.2, -0.15) is 0 Å². The first-order valence-corrected chi connectivity index (χ1v) is 6.60. The Morgan fingerprint density at radius 3 is 2.41 bits per heavy atom. The van der Waals surface area contributed by atoms with Gasteiger partial charge in [-0.25, -0.2) is 0 Å². The van der Waals surface area contributed by atoms with Crippen molar-refractivity contribution >= 4 is 27.5 Å². The van der Waals surface area contributed by atoms with Gasteiger partial charge in [0.25, 0.3) is 0 Å². The molecule has 0 radical (unpaired) electrons. The quantitative estimate of drug-likeness (QED) is 0.700. The Balaban J connectivity index is 2.19. The van der Waals surface area contributed by atoms with Gasteiger partial charge in [0.1, 0.15) is 11.5 Å². The van der Waals surface area contributed by atoms with E-state index in [-0.39, 0.29) is 0 Å². The molecule has 2 rings (SSSR count). The lowest BCUT2D eigenvalue weighted by Gasteiger charge is -2.09. The van der Waals surface area contributed by atoms with E-state index < -0.39 is 0 Å². The highest BCUT2D eigenvalue weighted by atomic mass is 79.9. The molecule has 0 N–H and O–H groups in total. The van der Waals surface area contributed by atoms with E-state index in [4.69, 9.17) is 16.3 Å². The summed E-state index contributed by atoms with van der Waals surface area (Å²) in [6.07, 6.45) is 0. The minimum atomic E-state index is 0.525. The molecule has 0 fully saturated rings. The number of benzene rings is 2. The van der Waals surface area contributed by atoms with Crippen LogP contribution in [0.15, 0.2) is 46.9 Å². The fourth-order valence-electron chi connectivity index (χ4n) is 1.50. The van der Waals surface area contributed by atoms with E-state index in [2.05, 4.69) is 15.9 Å². The highest BCUT2D eigenvalue weighted by Gasteiger charge is 2.02. The molecule has 0 bridgehead atoms. The van der Waals surface area contributed by atoms with Crippen LogP contribution in [-0.4, -0.2) is 0 Å². The average molecular weight is 312 g/mol. The number of hydrogen-bond acceptors (Lipinski definition) is 1. The van der Waals surface area contributed by atoms with Crippen LogP contribution in [0, 0.1) is 6.92 Å². The summed E-state index contributed by atoms with van der Waals surface area (Å²) in [6.45, 7) is 2.02. The molecule has 2 aromatic rings. The maximum Gasteiger partial charge on any atom is 0.130 e. The summed E-state index contributed by atoms with van der Waals surface area (Å²) >= 11 is 9.17. The number of ether oxygens (including phenoxy) is 1. The van der Waals surface area contributed by atoms with Crippen LogP contribution in [0.5, 0.6) is 11.5 Å². The van der Waals surface area contributed by atoms with Crippen LogP contribution < -0.4 is 4.74 Å². The van der Waals surface area contributed by atoms with Crippen molar-refractivity contribution in [3.63, 3.8) is 0 Å². The fourth-order valence-corrected chi connectivity index (χ4v) is 2.15. The summed E-state index contributed by atoms with van der Waals surface area (Å²) in [5.41, 5.74) is 2.19. The third-order valence-corrected chi connectivity index (χ3v) is 3.24. The normalized spacial score (nSPS) is 10.3. The number of halogens is 2. The molecular formula is C14H12BrClO. The molecule has 2 aromatic carbocycles. The zero-order valence-electron chi connectivity index (χ0n) is 9.41. The monoisotopic (exact) mass is 310 g/mol. The molecule has 0 unspecified atom stereocenters. The van der Waals surface area contributed by atoms with Gasteiger partial charge in [0.15, 0.2) is 0 Å². The number of alkyl halides is 1. The SMILES string of the molecule is Cc1cc(Br)ccc1Oc1ccc(CCl)cc1. The second-order valence-electron chi connectivity index (χ2n) is 3.79. The third-order valence-electron chi connectivity index (χ3n) is 2.44. The molecule has 0 saturated heterocycles. The van der Waals surface area contributed by atoms with Gasteiger partial charge in [-0.3, -0.25) is 0 Å². The molecular weight excluding hydrogens is 300 g/mol. The van der Waals surface area contributed by atoms with Crippen LogP contribution in [-0.2, 0) is 5.88 Å². The summed E-state index contributed by atoms with van der Waals surface area (Å²) in [7, 11) is 0. The van der Waals surface area contributed by atoms with Crippen LogP contribution in [0.1, 0.15) is 11.1 Å². The molecule has 0 spiro atoms. The smallest absolute Gasteiger partial charge is 0.130 e. The third kappa shape index (κ3) is 3.24. The van der Waals surface area contributed by atoms with E-state index in [1.165, 1.54) is 0 Å². The predicted octanol–water partition coefficient (Wildman–Crippen LogP) is 5.29. The first-order chi connectivity index (χ1) is 8.19. The Morgan fingerprint density at radius 2 is 1.82 bits per heavy atom. The van der Waals surface area contributed by atoms with Crippen molar-refractivity contribution in [1.29, 1.82) is 0 Å². The Kier molecular flexibility index (Phi) is 4.08. The van der Waals surface area contributed by atoms with E-state index in [9.17, 15) is 0 Å². The van der Waals surface area contributed by atoms with Crippen molar-refractivity contribution in [3.05, 3.63) is 58.1 Å². The van der Waals surface area contributed by atoms with Crippen LogP contribution in [0.2, 0.25) is 0 Å². The number of aryl methyl sites for hydroxylation is 1. The van der Waals surface area contributed by atoms with Crippen molar-refractivity contribution in [2.75, 3.05) is 0 Å². The van der Waals surface area contributed by atoms with Gasteiger partial charge in [-0.1, -0.05) is 28.1 Å². The summed E-state index contributed by atoms with van der Waals surface area (Å²) in [6, 6.07) is 13.7. The first kappa shape index (κ1) is 12.5. The van der Waals surface area contributed by atoms with Crippen LogP contribution in [0.3, 0.4) is 0 Å². The van der Waals surface area contributed by atoms with Gasteiger partial charge in [0.05, 0.1) is 0 Å². The Labute approximate surface area is 115 Å². The summed E-state index contributed by atoms with van der Waals surface area (Å²) in [5.74, 6) is 2.22. The second kappa shape index (κ2) is 5.56. The van der Waals surface area contributed by atoms with E-state index in [0.29, 0.717) is 5.88 Å². The Hall–Kier alpha value is -0.990. The van der Waals surface area contributed by atoms with Crippen LogP contribution in [0.4, 0.5) is 0 Å². The predicted molar refractivity (Wildman–Crippen MR) is 75.0 cm³/mol. The van der Waals surface area contributed by atoms with E-state index in [1.54, 1.807) is 0 Å². The largest absolute Gasteiger partial charge is 0.457 e. The Morgan fingerprint density at radius 1 is 1.12 bits per heavy atom. The second-order valence-corrected chi connectivity index (χ2v) is 4.97. The molecule has 0 aromatic heterocycles. The van der Waals surface area contributed by atoms with Crippen molar-refractivity contribution in [1.82, 2.24) is 0 Å². The molecule has 0 heterocycles. The summed E-state index contributed by atoms with van der Waals surface area (Å²) in [4.78, 5) is 0. The van der Waals surface area contributed by atoms with E-state index in [0.717, 1.165) is 27.1 Å². The molecule has 1 nitrogen and oxygen atoms in total. The standard InChI is InChI=1S/C14H12BrClO/c1-10-8-12(15)4-7-14(10)17-13-5-2-11(9-16)3-6-13/h2-8H,9H2,1H3. The maximum absolute atomic E-state index is 5.80. The highest BCUT2D eigenvalue weighted by molar-refractivity contribution is 9.10. The highest BCUT2D eigenvalue weighted by Crippen LogP contribution is 2.27. The molecule has 17 heavy (non-hydrogen) atoms. The van der Waals surface area contributed by atoms with Gasteiger partial charge >= 0.3 is 0 Å². The fraction of sp³-hybridized carbons (Fsp3) is 0.143. The van der Waals surface area contributed by atoms with Crippen LogP contribution >= 0.6 is 27.5 Å². The molecule has 0 atom stereocenters. The van der Waals surface area contributed by atoms with E-state index >= 15 is 0 Å². The zero-order chi connectivity index (χ0) is 12.3. The zero-order valence-corrected chi connectivity index (χ0v) is 11.8. The lowest BCUT2D eigenvalue weighted by Crippen LogP contribution is -1.88. The van der Waals surface area contributed by atoms with Gasteiger partial charge in [0, 0.05) is 10.4 Å². The summed E-state index contributed by atoms with van der Waals surface area (Å²) < 4.78 is 6.86. The van der Waals surface area contributed by atoms with Crippen molar-refractivity contribution in [2.45, 2.75) is 12.8 Å². The van der Waals surface area contributed by atoms with Crippen molar-refractivity contribution in [2.24, 2.45) is 0 Å². The number of hydrogen-bond donors (Lipinski definition) is 0. The lowest BCUT2D eigenvalue weighted by molar-refractivity contribution is 0.478. The maximum atomic E-state index is 5.80. The molecule has 3 heteroatoms. The molecule has 0 saturated carbocycles. The van der Waals surface area contributed by atoms with Crippen molar-refractivity contribution < 1.29 is 4.74 Å². The minimum Gasteiger partial charge on any atom is -0.457 e. The average Bonchev–Trinajstić information content (AvgIpc) is 2.34. The van der Waals surface area contributed by atoms with Gasteiger partial charge in [-0.05, 0) is 48.4 Å². The molecule has 0 aliphatic heterocycles. The molecule has 0 aliphatic rings. The van der Waals surface area contributed by atoms with Gasteiger partial charge in [-0.15, -0.1) is 11.6 Å². The van der Waals surface area contributed by atoms with E-state index in [1.807, 2.05) is 49.4 Å². The first-order valence-electron chi connectivity index (χ1n) is 5.28. The molecule has 88 valence electrons.